The summed E-state index contributed by atoms with van der Waals surface area (Å²) in [4.78, 5) is 1.55. The van der Waals surface area contributed by atoms with Crippen LogP contribution in [0.4, 0.5) is 13.2 Å². The molecular weight excluding hydrogens is 397 g/mol. The van der Waals surface area contributed by atoms with Crippen molar-refractivity contribution < 1.29 is 18.1 Å². The molecule has 1 heterocycles. The fraction of sp³-hybridized carbons (Fsp3) is 0.385. The number of hydrogen-bond acceptors (Lipinski definition) is 0. The monoisotopic (exact) mass is 427 g/mol. The number of alkyl halides is 3. The lowest BCUT2D eigenvalue weighted by Gasteiger charge is -2.32. The third kappa shape index (κ3) is 5.79. The minimum atomic E-state index is -4.31. The number of benzene rings is 2. The summed E-state index contributed by atoms with van der Waals surface area (Å²) in [5.74, 6) is 0. The van der Waals surface area contributed by atoms with Gasteiger partial charge in [0.05, 0.1) is 17.3 Å². The molecule has 2 nitrogen and oxygen atoms in total. The van der Waals surface area contributed by atoms with Gasteiger partial charge in [0.1, 0.15) is 13.1 Å². The topological polar surface area (TPSA) is 9.37 Å². The number of nitrogens with one attached hydrogen (secondary N) is 1. The molecule has 5 heteroatoms. The first-order valence-electron chi connectivity index (χ1n) is 11.2. The highest BCUT2D eigenvalue weighted by molar-refractivity contribution is 5.26. The van der Waals surface area contributed by atoms with E-state index in [-0.39, 0.29) is 0 Å². The molecule has 1 N–H and O–H groups in total. The van der Waals surface area contributed by atoms with Crippen LogP contribution in [0.2, 0.25) is 0 Å². The predicted octanol–water partition coefficient (Wildman–Crippen LogP) is 5.47. The number of nitrogens with zero attached hydrogens (tertiary/aromatic N) is 1. The van der Waals surface area contributed by atoms with Gasteiger partial charge in [-0.1, -0.05) is 48.9 Å². The van der Waals surface area contributed by atoms with E-state index in [1.54, 1.807) is 11.0 Å². The Morgan fingerprint density at radius 3 is 2.29 bits per heavy atom. The van der Waals surface area contributed by atoms with Crippen molar-refractivity contribution in [3.63, 3.8) is 0 Å². The molecular formula is C26H30F3N2+. The smallest absolute Gasteiger partial charge is 0.342 e. The van der Waals surface area contributed by atoms with Crippen LogP contribution in [0, 0.1) is 0 Å². The van der Waals surface area contributed by atoms with Gasteiger partial charge in [-0.15, -0.1) is 0 Å². The quantitative estimate of drug-likeness (QED) is 0.512. The summed E-state index contributed by atoms with van der Waals surface area (Å²) in [5, 5.41) is 0. The Morgan fingerprint density at radius 1 is 0.806 bits per heavy atom. The van der Waals surface area contributed by atoms with Gasteiger partial charge in [-0.2, -0.15) is 13.2 Å². The zero-order valence-electron chi connectivity index (χ0n) is 17.7. The molecule has 0 aliphatic heterocycles. The highest BCUT2D eigenvalue weighted by Gasteiger charge is 2.30. The summed E-state index contributed by atoms with van der Waals surface area (Å²) in [6, 6.07) is 21.0. The van der Waals surface area contributed by atoms with Crippen LogP contribution in [-0.2, 0) is 25.8 Å². The third-order valence-electron chi connectivity index (χ3n) is 6.40. The van der Waals surface area contributed by atoms with E-state index in [2.05, 4.69) is 34.9 Å². The van der Waals surface area contributed by atoms with Crippen LogP contribution >= 0.6 is 0 Å². The number of aromatic nitrogens is 1. The summed E-state index contributed by atoms with van der Waals surface area (Å²) in [6.45, 7) is 2.31. The van der Waals surface area contributed by atoms with Crippen molar-refractivity contribution in [1.29, 1.82) is 0 Å². The Balaban J connectivity index is 1.53. The Labute approximate surface area is 182 Å². The molecule has 1 unspecified atom stereocenters. The number of hydrogen-bond donors (Lipinski definition) is 1. The van der Waals surface area contributed by atoms with E-state index in [4.69, 9.17) is 0 Å². The van der Waals surface area contributed by atoms with Gasteiger partial charge >= 0.3 is 6.18 Å². The third-order valence-corrected chi connectivity index (χ3v) is 6.40. The van der Waals surface area contributed by atoms with Crippen LogP contribution in [0.5, 0.6) is 0 Å². The minimum Gasteiger partial charge on any atom is -0.342 e. The SMILES string of the molecule is FC(F)(F)c1cccc(Cn2cccc2C[NH+](Cc2ccccc2)C2CCCCC2)c1. The first-order chi connectivity index (χ1) is 15.0. The summed E-state index contributed by atoms with van der Waals surface area (Å²) in [7, 11) is 0. The second-order valence-corrected chi connectivity index (χ2v) is 8.66. The fourth-order valence-electron chi connectivity index (χ4n) is 4.76. The maximum atomic E-state index is 13.1. The molecule has 1 atom stereocenters. The van der Waals surface area contributed by atoms with Gasteiger partial charge < -0.3 is 9.47 Å². The first-order valence-corrected chi connectivity index (χ1v) is 11.2. The first kappa shape index (κ1) is 21.7. The van der Waals surface area contributed by atoms with Crippen molar-refractivity contribution in [3.8, 4) is 0 Å². The van der Waals surface area contributed by atoms with E-state index in [1.807, 2.05) is 18.3 Å². The highest BCUT2D eigenvalue weighted by atomic mass is 19.4. The molecule has 31 heavy (non-hydrogen) atoms. The fourth-order valence-corrected chi connectivity index (χ4v) is 4.76. The molecule has 1 aliphatic rings. The van der Waals surface area contributed by atoms with E-state index < -0.39 is 11.7 Å². The zero-order chi connectivity index (χ0) is 21.7. The normalized spacial score (nSPS) is 16.4. The van der Waals surface area contributed by atoms with Crippen molar-refractivity contribution in [2.45, 2.75) is 64.0 Å². The van der Waals surface area contributed by atoms with Crippen molar-refractivity contribution in [3.05, 3.63) is 95.3 Å². The molecule has 0 amide bonds. The lowest BCUT2D eigenvalue weighted by Crippen LogP contribution is -3.13. The molecule has 0 bridgehead atoms. The average molecular weight is 428 g/mol. The van der Waals surface area contributed by atoms with E-state index in [0.29, 0.717) is 18.2 Å². The molecule has 164 valence electrons. The van der Waals surface area contributed by atoms with Crippen LogP contribution in [0.15, 0.2) is 72.9 Å². The Hall–Kier alpha value is -2.53. The van der Waals surface area contributed by atoms with Crippen LogP contribution in [0.1, 0.15) is 54.5 Å². The van der Waals surface area contributed by atoms with E-state index in [9.17, 15) is 13.2 Å². The minimum absolute atomic E-state index is 0.454. The molecule has 3 aromatic rings. The summed E-state index contributed by atoms with van der Waals surface area (Å²) in [5.41, 5.74) is 2.60. The number of rotatable bonds is 7. The van der Waals surface area contributed by atoms with Gasteiger partial charge in [0, 0.05) is 18.3 Å². The van der Waals surface area contributed by atoms with Crippen molar-refractivity contribution in [1.82, 2.24) is 4.57 Å². The summed E-state index contributed by atoms with van der Waals surface area (Å²) < 4.78 is 41.4. The summed E-state index contributed by atoms with van der Waals surface area (Å²) >= 11 is 0. The average Bonchev–Trinajstić information content (AvgIpc) is 3.21. The maximum Gasteiger partial charge on any atom is 0.416 e. The highest BCUT2D eigenvalue weighted by Crippen LogP contribution is 2.29. The van der Waals surface area contributed by atoms with Gasteiger partial charge in [0.15, 0.2) is 0 Å². The lowest BCUT2D eigenvalue weighted by atomic mass is 9.93. The Kier molecular flexibility index (Phi) is 6.81. The molecule has 2 aromatic carbocycles. The van der Waals surface area contributed by atoms with Crippen molar-refractivity contribution in [2.24, 2.45) is 0 Å². The van der Waals surface area contributed by atoms with Crippen LogP contribution in [0.25, 0.3) is 0 Å². The molecule has 0 radical (unpaired) electrons. The second-order valence-electron chi connectivity index (χ2n) is 8.66. The zero-order valence-corrected chi connectivity index (χ0v) is 17.7. The van der Waals surface area contributed by atoms with E-state index >= 15 is 0 Å². The largest absolute Gasteiger partial charge is 0.416 e. The van der Waals surface area contributed by atoms with Crippen molar-refractivity contribution >= 4 is 0 Å². The molecule has 4 rings (SSSR count). The van der Waals surface area contributed by atoms with Gasteiger partial charge in [-0.05, 0) is 55.5 Å². The van der Waals surface area contributed by atoms with Gasteiger partial charge in [-0.3, -0.25) is 0 Å². The summed E-state index contributed by atoms with van der Waals surface area (Å²) in [6.07, 6.45) is 4.06. The second kappa shape index (κ2) is 9.73. The van der Waals surface area contributed by atoms with Gasteiger partial charge in [0.25, 0.3) is 0 Å². The molecule has 1 fully saturated rings. The van der Waals surface area contributed by atoms with Crippen molar-refractivity contribution in [2.75, 3.05) is 0 Å². The van der Waals surface area contributed by atoms with E-state index in [0.717, 1.165) is 19.2 Å². The molecule has 0 spiro atoms. The molecule has 1 aromatic heterocycles. The standard InChI is InChI=1S/C26H29F3N2/c27-26(28,29)23-12-7-11-22(17-23)19-30-16-8-15-25(30)20-31(24-13-5-2-6-14-24)18-21-9-3-1-4-10-21/h1,3-4,7-12,15-17,24H,2,5-6,13-14,18-20H2/p+1. The number of halogens is 3. The Morgan fingerprint density at radius 2 is 1.55 bits per heavy atom. The lowest BCUT2D eigenvalue weighted by molar-refractivity contribution is -0.953. The number of quaternary nitrogens is 1. The Bertz CT molecular complexity index is 956. The molecule has 0 saturated heterocycles. The van der Waals surface area contributed by atoms with Gasteiger partial charge in [-0.25, -0.2) is 0 Å². The van der Waals surface area contributed by atoms with Crippen LogP contribution < -0.4 is 4.90 Å². The van der Waals surface area contributed by atoms with Gasteiger partial charge in [0.2, 0.25) is 0 Å². The molecule has 1 saturated carbocycles. The van der Waals surface area contributed by atoms with Crippen LogP contribution in [-0.4, -0.2) is 10.6 Å². The predicted molar refractivity (Wildman–Crippen MR) is 117 cm³/mol. The van der Waals surface area contributed by atoms with Crippen LogP contribution in [0.3, 0.4) is 0 Å². The maximum absolute atomic E-state index is 13.1. The van der Waals surface area contributed by atoms with E-state index in [1.165, 1.54) is 55.5 Å². The molecule has 1 aliphatic carbocycles.